The predicted octanol–water partition coefficient (Wildman–Crippen LogP) is 2.07. The molecule has 2 aromatic heterocycles. The first-order chi connectivity index (χ1) is 9.15. The molecule has 19 heavy (non-hydrogen) atoms. The van der Waals surface area contributed by atoms with Gasteiger partial charge in [-0.1, -0.05) is 30.0 Å². The van der Waals surface area contributed by atoms with Crippen LogP contribution in [0.4, 0.5) is 0 Å². The van der Waals surface area contributed by atoms with Gasteiger partial charge in [-0.15, -0.1) is 10.2 Å². The van der Waals surface area contributed by atoms with E-state index in [2.05, 4.69) is 20.2 Å². The molecule has 0 aliphatic carbocycles. The zero-order chi connectivity index (χ0) is 13.4. The van der Waals surface area contributed by atoms with Gasteiger partial charge in [0.15, 0.2) is 5.65 Å². The number of fused-ring (bicyclic) bond motifs is 3. The number of hydrogen-bond acceptors (Lipinski definition) is 5. The van der Waals surface area contributed by atoms with Crippen LogP contribution in [0.2, 0.25) is 0 Å². The van der Waals surface area contributed by atoms with Crippen molar-refractivity contribution >= 4 is 39.8 Å². The van der Waals surface area contributed by atoms with E-state index < -0.39 is 11.2 Å². The van der Waals surface area contributed by atoms with Gasteiger partial charge in [0.2, 0.25) is 5.16 Å². The van der Waals surface area contributed by atoms with Gasteiger partial charge in [-0.3, -0.25) is 4.79 Å². The number of rotatable bonds is 3. The molecule has 0 aliphatic rings. The Labute approximate surface area is 112 Å². The molecule has 2 heterocycles. The van der Waals surface area contributed by atoms with Gasteiger partial charge in [0, 0.05) is 10.9 Å². The van der Waals surface area contributed by atoms with Gasteiger partial charge in [-0.25, -0.2) is 4.98 Å². The Balaban J connectivity index is 2.06. The number of H-pyrrole nitrogens is 1. The van der Waals surface area contributed by atoms with E-state index in [0.29, 0.717) is 16.3 Å². The average molecular weight is 274 g/mol. The first-order valence-electron chi connectivity index (χ1n) is 5.66. The summed E-state index contributed by atoms with van der Waals surface area (Å²) in [5.74, 6) is -0.898. The Morgan fingerprint density at radius 1 is 1.37 bits per heavy atom. The van der Waals surface area contributed by atoms with Crippen LogP contribution in [0.3, 0.4) is 0 Å². The monoisotopic (exact) mass is 274 g/mol. The molecule has 0 saturated carbocycles. The number of aromatic amines is 1. The number of aliphatic carboxylic acids is 1. The van der Waals surface area contributed by atoms with E-state index in [9.17, 15) is 4.79 Å². The lowest BCUT2D eigenvalue weighted by Gasteiger charge is -2.02. The number of hydrogen-bond donors (Lipinski definition) is 2. The zero-order valence-corrected chi connectivity index (χ0v) is 10.8. The van der Waals surface area contributed by atoms with E-state index in [4.69, 9.17) is 5.11 Å². The molecule has 0 aliphatic heterocycles. The van der Waals surface area contributed by atoms with Crippen LogP contribution in [-0.4, -0.2) is 36.5 Å². The third kappa shape index (κ3) is 2.12. The number of para-hydroxylation sites is 1. The number of benzene rings is 1. The number of nitrogens with one attached hydrogen (secondary N) is 1. The largest absolute Gasteiger partial charge is 0.480 e. The fraction of sp³-hybridized carbons (Fsp3) is 0.167. The molecular weight excluding hydrogens is 264 g/mol. The molecule has 0 radical (unpaired) electrons. The second kappa shape index (κ2) is 4.51. The van der Waals surface area contributed by atoms with Gasteiger partial charge in [-0.2, -0.15) is 0 Å². The van der Waals surface area contributed by atoms with Gasteiger partial charge in [0.05, 0.1) is 0 Å². The van der Waals surface area contributed by atoms with Crippen LogP contribution in [-0.2, 0) is 4.79 Å². The third-order valence-corrected chi connectivity index (χ3v) is 3.67. The smallest absolute Gasteiger partial charge is 0.316 e. The zero-order valence-electron chi connectivity index (χ0n) is 9.99. The minimum absolute atomic E-state index is 0.356. The predicted molar refractivity (Wildman–Crippen MR) is 72.1 cm³/mol. The molecule has 3 rings (SSSR count). The van der Waals surface area contributed by atoms with E-state index in [0.717, 1.165) is 22.7 Å². The van der Waals surface area contributed by atoms with Crippen molar-refractivity contribution in [2.75, 3.05) is 0 Å². The summed E-state index contributed by atoms with van der Waals surface area (Å²) in [5, 5.41) is 17.7. The fourth-order valence-corrected chi connectivity index (χ4v) is 2.41. The minimum Gasteiger partial charge on any atom is -0.480 e. The molecule has 7 heteroatoms. The average Bonchev–Trinajstić information content (AvgIpc) is 2.76. The molecule has 0 amide bonds. The molecule has 1 unspecified atom stereocenters. The SMILES string of the molecule is CC(Sc1nnc2c(n1)[nH]c1ccccc12)C(=O)O. The Morgan fingerprint density at radius 3 is 2.95 bits per heavy atom. The lowest BCUT2D eigenvalue weighted by molar-refractivity contribution is -0.136. The van der Waals surface area contributed by atoms with Crippen molar-refractivity contribution in [2.45, 2.75) is 17.3 Å². The maximum atomic E-state index is 10.8. The second-order valence-corrected chi connectivity index (χ2v) is 5.37. The van der Waals surface area contributed by atoms with E-state index in [1.165, 1.54) is 0 Å². The number of carbonyl (C=O) groups is 1. The normalized spacial score (nSPS) is 12.9. The van der Waals surface area contributed by atoms with Crippen molar-refractivity contribution in [1.29, 1.82) is 0 Å². The first-order valence-corrected chi connectivity index (χ1v) is 6.54. The van der Waals surface area contributed by atoms with Gasteiger partial charge >= 0.3 is 5.97 Å². The molecule has 6 nitrogen and oxygen atoms in total. The van der Waals surface area contributed by atoms with Crippen molar-refractivity contribution in [3.8, 4) is 0 Å². The number of aromatic nitrogens is 4. The quantitative estimate of drug-likeness (QED) is 0.710. The summed E-state index contributed by atoms with van der Waals surface area (Å²) in [5.41, 5.74) is 2.26. The Hall–Kier alpha value is -2.15. The maximum Gasteiger partial charge on any atom is 0.316 e. The van der Waals surface area contributed by atoms with Crippen molar-refractivity contribution < 1.29 is 9.90 Å². The van der Waals surface area contributed by atoms with Gasteiger partial charge in [-0.05, 0) is 13.0 Å². The second-order valence-electron chi connectivity index (χ2n) is 4.06. The topological polar surface area (TPSA) is 91.8 Å². The summed E-state index contributed by atoms with van der Waals surface area (Å²) in [7, 11) is 0. The molecule has 1 atom stereocenters. The highest BCUT2D eigenvalue weighted by Gasteiger charge is 2.16. The molecule has 0 bridgehead atoms. The molecule has 3 aromatic rings. The van der Waals surface area contributed by atoms with E-state index in [-0.39, 0.29) is 0 Å². The Kier molecular flexibility index (Phi) is 2.83. The standard InChI is InChI=1S/C12H10N4O2S/c1-6(11(17)18)19-12-14-10-9(15-16-12)7-4-2-3-5-8(7)13-10/h2-6H,1H3,(H,17,18)(H,13,14,16). The highest BCUT2D eigenvalue weighted by atomic mass is 32.2. The van der Waals surface area contributed by atoms with Crippen LogP contribution < -0.4 is 0 Å². The van der Waals surface area contributed by atoms with Crippen LogP contribution >= 0.6 is 11.8 Å². The highest BCUT2D eigenvalue weighted by Crippen LogP contribution is 2.24. The first kappa shape index (κ1) is 11.9. The number of nitrogens with zero attached hydrogens (tertiary/aromatic N) is 3. The highest BCUT2D eigenvalue weighted by molar-refractivity contribution is 8.00. The minimum atomic E-state index is -0.898. The molecule has 0 spiro atoms. The number of carboxylic acid groups (broad SMARTS) is 1. The van der Waals surface area contributed by atoms with Gasteiger partial charge in [0.1, 0.15) is 10.8 Å². The van der Waals surface area contributed by atoms with Crippen LogP contribution in [0.15, 0.2) is 29.4 Å². The Morgan fingerprint density at radius 2 is 2.16 bits per heavy atom. The summed E-state index contributed by atoms with van der Waals surface area (Å²) < 4.78 is 0. The van der Waals surface area contributed by atoms with Crippen molar-refractivity contribution in [1.82, 2.24) is 20.2 Å². The fourth-order valence-electron chi connectivity index (χ4n) is 1.76. The molecule has 2 N–H and O–H groups in total. The molecule has 1 aromatic carbocycles. The van der Waals surface area contributed by atoms with Crippen molar-refractivity contribution in [3.05, 3.63) is 24.3 Å². The van der Waals surface area contributed by atoms with Crippen LogP contribution in [0, 0.1) is 0 Å². The summed E-state index contributed by atoms with van der Waals surface area (Å²) in [6, 6.07) is 7.72. The summed E-state index contributed by atoms with van der Waals surface area (Å²) in [4.78, 5) is 18.3. The van der Waals surface area contributed by atoms with Gasteiger partial charge in [0.25, 0.3) is 0 Å². The van der Waals surface area contributed by atoms with Gasteiger partial charge < -0.3 is 10.1 Å². The maximum absolute atomic E-state index is 10.8. The van der Waals surface area contributed by atoms with Crippen LogP contribution in [0.1, 0.15) is 6.92 Å². The van der Waals surface area contributed by atoms with Crippen LogP contribution in [0.25, 0.3) is 22.1 Å². The lowest BCUT2D eigenvalue weighted by Crippen LogP contribution is -2.12. The van der Waals surface area contributed by atoms with Crippen molar-refractivity contribution in [3.63, 3.8) is 0 Å². The summed E-state index contributed by atoms with van der Waals surface area (Å²) in [6.07, 6.45) is 0. The third-order valence-electron chi connectivity index (χ3n) is 2.73. The number of thioether (sulfide) groups is 1. The molecular formula is C12H10N4O2S. The summed E-state index contributed by atoms with van der Waals surface area (Å²) in [6.45, 7) is 1.59. The summed E-state index contributed by atoms with van der Waals surface area (Å²) >= 11 is 1.07. The van der Waals surface area contributed by atoms with E-state index in [1.54, 1.807) is 6.92 Å². The molecule has 0 fully saturated rings. The van der Waals surface area contributed by atoms with Crippen molar-refractivity contribution in [2.24, 2.45) is 0 Å². The van der Waals surface area contributed by atoms with E-state index in [1.807, 2.05) is 24.3 Å². The number of carboxylic acids is 1. The Bertz CT molecular complexity index is 771. The molecule has 96 valence electrons. The van der Waals surface area contributed by atoms with E-state index >= 15 is 0 Å². The molecule has 0 saturated heterocycles. The van der Waals surface area contributed by atoms with Crippen LogP contribution in [0.5, 0.6) is 0 Å². The lowest BCUT2D eigenvalue weighted by atomic mass is 10.2.